The third kappa shape index (κ3) is 4.48. The summed E-state index contributed by atoms with van der Waals surface area (Å²) in [4.78, 5) is 33.7. The first-order chi connectivity index (χ1) is 14.7. The highest BCUT2D eigenvalue weighted by Crippen LogP contribution is 2.30. The lowest BCUT2D eigenvalue weighted by molar-refractivity contribution is -0.137. The van der Waals surface area contributed by atoms with Crippen LogP contribution in [0.2, 0.25) is 0 Å². The molecular weight excluding hydrogens is 433 g/mol. The Hall–Kier alpha value is -3.54. The number of rotatable bonds is 5. The van der Waals surface area contributed by atoms with Gasteiger partial charge in [0.1, 0.15) is 18.3 Å². The van der Waals surface area contributed by atoms with Crippen LogP contribution in [0.15, 0.2) is 47.8 Å². The van der Waals surface area contributed by atoms with Gasteiger partial charge in [0.2, 0.25) is 5.91 Å². The van der Waals surface area contributed by atoms with Gasteiger partial charge in [0.15, 0.2) is 10.8 Å². The molecule has 0 spiro atoms. The lowest BCUT2D eigenvalue weighted by Crippen LogP contribution is -2.27. The van der Waals surface area contributed by atoms with Crippen LogP contribution in [0.3, 0.4) is 0 Å². The zero-order chi connectivity index (χ0) is 22.2. The molecule has 1 aromatic carbocycles. The zero-order valence-electron chi connectivity index (χ0n) is 16.1. The lowest BCUT2D eigenvalue weighted by atomic mass is 10.1. The summed E-state index contributed by atoms with van der Waals surface area (Å²) in [5.74, 6) is -0.480. The Morgan fingerprint density at radius 3 is 2.81 bits per heavy atom. The minimum atomic E-state index is -4.41. The number of fused-ring (bicyclic) bond motifs is 1. The summed E-state index contributed by atoms with van der Waals surface area (Å²) in [6.45, 7) is -0.265. The van der Waals surface area contributed by atoms with Crippen molar-refractivity contribution in [2.45, 2.75) is 19.1 Å². The number of carbonyl (C=O) groups is 1. The second kappa shape index (κ2) is 7.95. The number of nitrogens with one attached hydrogen (secondary N) is 1. The summed E-state index contributed by atoms with van der Waals surface area (Å²) in [6, 6.07) is 5.06. The van der Waals surface area contributed by atoms with Crippen molar-refractivity contribution in [3.63, 3.8) is 0 Å². The number of nitrogens with zero attached hydrogens (tertiary/aromatic N) is 5. The van der Waals surface area contributed by atoms with Crippen LogP contribution in [0, 0.1) is 0 Å². The largest absolute Gasteiger partial charge is 0.416 e. The Labute approximate surface area is 177 Å². The van der Waals surface area contributed by atoms with Gasteiger partial charge in [0.25, 0.3) is 5.56 Å². The second-order valence-corrected chi connectivity index (χ2v) is 7.85. The molecular formula is C19H15F3N6O2S. The highest BCUT2D eigenvalue weighted by Gasteiger charge is 2.30. The van der Waals surface area contributed by atoms with E-state index in [9.17, 15) is 22.8 Å². The number of hydrogen-bond acceptors (Lipinski definition) is 6. The maximum atomic E-state index is 12.9. The van der Waals surface area contributed by atoms with Crippen molar-refractivity contribution in [3.8, 4) is 0 Å². The molecule has 3 aromatic heterocycles. The summed E-state index contributed by atoms with van der Waals surface area (Å²) >= 11 is 1.15. The second-order valence-electron chi connectivity index (χ2n) is 6.74. The molecule has 0 saturated heterocycles. The Morgan fingerprint density at radius 1 is 1.23 bits per heavy atom. The fourth-order valence-electron chi connectivity index (χ4n) is 3.00. The first-order valence-electron chi connectivity index (χ1n) is 8.98. The number of alkyl halides is 3. The van der Waals surface area contributed by atoms with E-state index in [4.69, 9.17) is 0 Å². The number of aryl methyl sites for hydroxylation is 1. The molecule has 0 aliphatic rings. The van der Waals surface area contributed by atoms with Gasteiger partial charge in [-0.2, -0.15) is 18.3 Å². The first kappa shape index (κ1) is 20.7. The molecule has 0 atom stereocenters. The van der Waals surface area contributed by atoms with Crippen molar-refractivity contribution in [1.29, 1.82) is 0 Å². The van der Waals surface area contributed by atoms with Crippen LogP contribution in [0.1, 0.15) is 16.0 Å². The van der Waals surface area contributed by atoms with Crippen molar-refractivity contribution in [2.75, 3.05) is 5.32 Å². The van der Waals surface area contributed by atoms with Gasteiger partial charge in [0, 0.05) is 24.5 Å². The molecule has 0 bridgehead atoms. The number of carbonyl (C=O) groups excluding carboxylic acids is 1. The van der Waals surface area contributed by atoms with Crippen LogP contribution in [-0.4, -0.2) is 30.2 Å². The van der Waals surface area contributed by atoms with E-state index in [1.165, 1.54) is 29.5 Å². The van der Waals surface area contributed by atoms with E-state index in [1.807, 2.05) is 0 Å². The summed E-state index contributed by atoms with van der Waals surface area (Å²) in [5, 5.41) is 7.15. The highest BCUT2D eigenvalue weighted by molar-refractivity contribution is 7.15. The summed E-state index contributed by atoms with van der Waals surface area (Å²) in [7, 11) is 1.66. The van der Waals surface area contributed by atoms with E-state index in [-0.39, 0.29) is 18.1 Å². The van der Waals surface area contributed by atoms with Crippen molar-refractivity contribution in [2.24, 2.45) is 7.05 Å². The minimum Gasteiger partial charge on any atom is -0.300 e. The van der Waals surface area contributed by atoms with Crippen LogP contribution < -0.4 is 10.9 Å². The predicted octanol–water partition coefficient (Wildman–Crippen LogP) is 2.83. The van der Waals surface area contributed by atoms with E-state index < -0.39 is 23.2 Å². The van der Waals surface area contributed by atoms with Crippen LogP contribution in [0.5, 0.6) is 0 Å². The van der Waals surface area contributed by atoms with Crippen LogP contribution >= 0.6 is 11.3 Å². The SMILES string of the molecule is Cn1ncc2c(=O)n(CC(=O)Nc3ncc(Cc4cccc(C(F)(F)F)c4)s3)cnc21. The standard InChI is InChI=1S/C19H15F3N6O2S/c1-27-16-14(8-25-27)17(30)28(10-24-16)9-15(29)26-18-23-7-13(31-18)6-11-3-2-4-12(5-11)19(20,21)22/h2-5,7-8,10H,6,9H2,1H3,(H,23,26,29). The molecule has 1 N–H and O–H groups in total. The van der Waals surface area contributed by atoms with Gasteiger partial charge in [-0.3, -0.25) is 18.8 Å². The van der Waals surface area contributed by atoms with Crippen LogP contribution in [0.4, 0.5) is 18.3 Å². The maximum absolute atomic E-state index is 12.9. The normalized spacial score (nSPS) is 11.7. The van der Waals surface area contributed by atoms with Crippen molar-refractivity contribution >= 4 is 33.4 Å². The number of anilines is 1. The Kier molecular flexibility index (Phi) is 5.31. The number of aromatic nitrogens is 5. The Bertz CT molecular complexity index is 1320. The van der Waals surface area contributed by atoms with Gasteiger partial charge < -0.3 is 5.32 Å². The third-order valence-electron chi connectivity index (χ3n) is 4.46. The molecule has 0 fully saturated rings. The van der Waals surface area contributed by atoms with Gasteiger partial charge in [-0.25, -0.2) is 9.97 Å². The first-order valence-corrected chi connectivity index (χ1v) is 9.80. The van der Waals surface area contributed by atoms with Gasteiger partial charge in [-0.05, 0) is 11.6 Å². The molecule has 1 amide bonds. The number of benzene rings is 1. The topological polar surface area (TPSA) is 94.7 Å². The van der Waals surface area contributed by atoms with Crippen molar-refractivity contribution in [3.05, 3.63) is 69.3 Å². The molecule has 0 saturated carbocycles. The van der Waals surface area contributed by atoms with E-state index in [0.717, 1.165) is 28.0 Å². The fourth-order valence-corrected chi connectivity index (χ4v) is 3.86. The lowest BCUT2D eigenvalue weighted by Gasteiger charge is -2.08. The van der Waals surface area contributed by atoms with E-state index in [1.54, 1.807) is 13.1 Å². The van der Waals surface area contributed by atoms with Crippen molar-refractivity contribution < 1.29 is 18.0 Å². The zero-order valence-corrected chi connectivity index (χ0v) is 16.9. The van der Waals surface area contributed by atoms with Crippen molar-refractivity contribution in [1.82, 2.24) is 24.3 Å². The average molecular weight is 448 g/mol. The molecule has 31 heavy (non-hydrogen) atoms. The predicted molar refractivity (Wildman–Crippen MR) is 108 cm³/mol. The molecule has 12 heteroatoms. The number of thiazole rings is 1. The fraction of sp³-hybridized carbons (Fsp3) is 0.211. The van der Waals surface area contributed by atoms with Gasteiger partial charge in [0.05, 0.1) is 11.8 Å². The average Bonchev–Trinajstić information content (AvgIpc) is 3.30. The molecule has 0 aliphatic carbocycles. The summed E-state index contributed by atoms with van der Waals surface area (Å²) in [6.07, 6.45) is -0.00408. The molecule has 0 unspecified atom stereocenters. The molecule has 0 aliphatic heterocycles. The van der Waals surface area contributed by atoms with Gasteiger partial charge in [-0.15, -0.1) is 11.3 Å². The summed E-state index contributed by atoms with van der Waals surface area (Å²) in [5.41, 5.74) is -0.204. The Balaban J connectivity index is 1.43. The summed E-state index contributed by atoms with van der Waals surface area (Å²) < 4.78 is 41.2. The van der Waals surface area contributed by atoms with E-state index >= 15 is 0 Å². The van der Waals surface area contributed by atoms with Gasteiger partial charge in [-0.1, -0.05) is 18.2 Å². The van der Waals surface area contributed by atoms with Crippen LogP contribution in [0.25, 0.3) is 11.0 Å². The smallest absolute Gasteiger partial charge is 0.300 e. The quantitative estimate of drug-likeness (QED) is 0.507. The molecule has 3 heterocycles. The Morgan fingerprint density at radius 2 is 2.03 bits per heavy atom. The molecule has 160 valence electrons. The van der Waals surface area contributed by atoms with Gasteiger partial charge >= 0.3 is 6.18 Å². The maximum Gasteiger partial charge on any atom is 0.416 e. The number of hydrogen-bond donors (Lipinski definition) is 1. The highest BCUT2D eigenvalue weighted by atomic mass is 32.1. The monoisotopic (exact) mass is 448 g/mol. The molecule has 4 aromatic rings. The molecule has 8 nitrogen and oxygen atoms in total. The molecule has 0 radical (unpaired) electrons. The number of halogens is 3. The third-order valence-corrected chi connectivity index (χ3v) is 5.38. The molecule has 4 rings (SSSR count). The minimum absolute atomic E-state index is 0.249. The number of amides is 1. The van der Waals surface area contributed by atoms with Crippen LogP contribution in [-0.2, 0) is 31.0 Å². The van der Waals surface area contributed by atoms with E-state index in [0.29, 0.717) is 21.5 Å². The van der Waals surface area contributed by atoms with E-state index in [2.05, 4.69) is 20.4 Å².